The fraction of sp³-hybridized carbons (Fsp3) is 0.864. The number of amides is 1. The van der Waals surface area contributed by atoms with Gasteiger partial charge in [0.25, 0.3) is 0 Å². The standard InChI is InChI=1S/C21H42NO.CH4O4S/c1-5-6-7-8-9-10-11-12-13-14-15-16-17-18-19-20-21(23)22(2,3)4;1-5-6(2,3)4/h12-13H,5-11,14-20H2,1-4H3;1H3,(H,2,3,4)/q+1;/p-1. The highest BCUT2D eigenvalue weighted by atomic mass is 32.3. The van der Waals surface area contributed by atoms with Crippen molar-refractivity contribution >= 4 is 16.3 Å². The maximum absolute atomic E-state index is 11.8. The Morgan fingerprint density at radius 3 is 1.59 bits per heavy atom. The average Bonchev–Trinajstić information content (AvgIpc) is 2.63. The van der Waals surface area contributed by atoms with E-state index in [1.807, 2.05) is 21.1 Å². The number of carbonyl (C=O) groups excluding carboxylic acids is 1. The van der Waals surface area contributed by atoms with E-state index in [-0.39, 0.29) is 0 Å². The first kappa shape index (κ1) is 30.4. The summed E-state index contributed by atoms with van der Waals surface area (Å²) in [6.07, 6.45) is 22.4. The van der Waals surface area contributed by atoms with Gasteiger partial charge in [-0.2, -0.15) is 0 Å². The zero-order chi connectivity index (χ0) is 22.6. The summed E-state index contributed by atoms with van der Waals surface area (Å²) in [7, 11) is 2.27. The van der Waals surface area contributed by atoms with Crippen molar-refractivity contribution in [2.24, 2.45) is 0 Å². The minimum atomic E-state index is -4.41. The molecule has 0 unspecified atom stereocenters. The van der Waals surface area contributed by atoms with Crippen molar-refractivity contribution in [1.82, 2.24) is 0 Å². The zero-order valence-electron chi connectivity index (χ0n) is 19.5. The van der Waals surface area contributed by atoms with E-state index < -0.39 is 10.4 Å². The van der Waals surface area contributed by atoms with E-state index in [4.69, 9.17) is 0 Å². The van der Waals surface area contributed by atoms with E-state index >= 15 is 0 Å². The van der Waals surface area contributed by atoms with Crippen LogP contribution < -0.4 is 0 Å². The number of quaternary nitrogens is 1. The zero-order valence-corrected chi connectivity index (χ0v) is 20.3. The molecule has 0 rings (SSSR count). The van der Waals surface area contributed by atoms with E-state index in [0.29, 0.717) is 10.4 Å². The van der Waals surface area contributed by atoms with Crippen molar-refractivity contribution in [2.75, 3.05) is 28.3 Å². The first-order valence-corrected chi connectivity index (χ1v) is 12.4. The number of unbranched alkanes of at least 4 members (excludes halogenated alkanes) is 11. The largest absolute Gasteiger partial charge is 0.726 e. The number of nitrogens with zero attached hydrogens (tertiary/aromatic N) is 1. The molecule has 0 N–H and O–H groups in total. The monoisotopic (exact) mass is 435 g/mol. The molecule has 0 saturated carbocycles. The summed E-state index contributed by atoms with van der Waals surface area (Å²) in [6, 6.07) is 0. The number of rotatable bonds is 16. The third kappa shape index (κ3) is 27.2. The van der Waals surface area contributed by atoms with Gasteiger partial charge in [0.05, 0.1) is 34.7 Å². The molecule has 1 amide bonds. The molecule has 0 aromatic carbocycles. The maximum atomic E-state index is 11.8. The normalized spacial score (nSPS) is 12.1. The van der Waals surface area contributed by atoms with Gasteiger partial charge in [-0.05, 0) is 32.1 Å². The van der Waals surface area contributed by atoms with Crippen molar-refractivity contribution in [3.63, 3.8) is 0 Å². The van der Waals surface area contributed by atoms with E-state index in [9.17, 15) is 17.8 Å². The molecule has 0 aliphatic rings. The predicted octanol–water partition coefficient (Wildman–Crippen LogP) is 5.35. The Morgan fingerprint density at radius 1 is 0.828 bits per heavy atom. The maximum Gasteiger partial charge on any atom is 0.313 e. The van der Waals surface area contributed by atoms with Crippen molar-refractivity contribution in [3.05, 3.63) is 12.2 Å². The molecule has 0 radical (unpaired) electrons. The van der Waals surface area contributed by atoms with Gasteiger partial charge in [0, 0.05) is 0 Å². The molecule has 0 saturated heterocycles. The molecule has 0 atom stereocenters. The smallest absolute Gasteiger partial charge is 0.313 e. The molecular weight excluding hydrogens is 390 g/mol. The first-order valence-electron chi connectivity index (χ1n) is 11.1. The van der Waals surface area contributed by atoms with Crippen LogP contribution in [0.1, 0.15) is 96.8 Å². The first-order chi connectivity index (χ1) is 13.5. The Balaban J connectivity index is 0. The predicted molar refractivity (Wildman–Crippen MR) is 119 cm³/mol. The van der Waals surface area contributed by atoms with Gasteiger partial charge in [-0.15, -0.1) is 0 Å². The molecule has 0 fully saturated rings. The number of hydrogen-bond donors (Lipinski definition) is 0. The summed E-state index contributed by atoms with van der Waals surface area (Å²) in [5.41, 5.74) is 0. The lowest BCUT2D eigenvalue weighted by Crippen LogP contribution is -2.40. The Kier molecular flexibility index (Phi) is 20.2. The summed E-state index contributed by atoms with van der Waals surface area (Å²) < 4.78 is 31.5. The molecule has 174 valence electrons. The van der Waals surface area contributed by atoms with Crippen molar-refractivity contribution in [3.8, 4) is 0 Å². The van der Waals surface area contributed by atoms with E-state index in [0.717, 1.165) is 20.0 Å². The molecule has 0 aromatic heterocycles. The van der Waals surface area contributed by atoms with Crippen LogP contribution in [0.2, 0.25) is 0 Å². The third-order valence-electron chi connectivity index (χ3n) is 4.60. The third-order valence-corrected chi connectivity index (χ3v) is 5.01. The van der Waals surface area contributed by atoms with Crippen LogP contribution in [0.4, 0.5) is 0 Å². The summed E-state index contributed by atoms with van der Waals surface area (Å²) in [4.78, 5) is 11.8. The highest BCUT2D eigenvalue weighted by Crippen LogP contribution is 2.11. The molecule has 0 aromatic rings. The number of carbonyl (C=O) groups is 1. The Labute approximate surface area is 180 Å². The lowest BCUT2D eigenvalue weighted by atomic mass is 10.1. The molecule has 29 heavy (non-hydrogen) atoms. The lowest BCUT2D eigenvalue weighted by molar-refractivity contribution is -0.792. The van der Waals surface area contributed by atoms with Gasteiger partial charge in [-0.1, -0.05) is 70.4 Å². The van der Waals surface area contributed by atoms with Gasteiger partial charge in [-0.3, -0.25) is 8.67 Å². The average molecular weight is 436 g/mol. The van der Waals surface area contributed by atoms with Gasteiger partial charge in [0.1, 0.15) is 0 Å². The minimum Gasteiger partial charge on any atom is -0.726 e. The molecular formula is C22H45NO5S. The van der Waals surface area contributed by atoms with Crippen LogP contribution in [0.5, 0.6) is 0 Å². The van der Waals surface area contributed by atoms with E-state index in [2.05, 4.69) is 23.3 Å². The van der Waals surface area contributed by atoms with Crippen LogP contribution in [0, 0.1) is 0 Å². The Bertz CT molecular complexity index is 510. The lowest BCUT2D eigenvalue weighted by Gasteiger charge is -2.20. The van der Waals surface area contributed by atoms with Crippen molar-refractivity contribution in [2.45, 2.75) is 96.8 Å². The SMILES string of the molecule is CCCCCCCCC=CCCCCCCCC(=O)[N+](C)(C)C.COS(=O)(=O)[O-]. The highest BCUT2D eigenvalue weighted by molar-refractivity contribution is 7.80. The van der Waals surface area contributed by atoms with Gasteiger partial charge < -0.3 is 4.55 Å². The second-order valence-electron chi connectivity index (χ2n) is 8.32. The van der Waals surface area contributed by atoms with E-state index in [1.165, 1.54) is 77.0 Å². The van der Waals surface area contributed by atoms with Crippen LogP contribution in [-0.2, 0) is 19.4 Å². The minimum absolute atomic E-state index is 0.350. The van der Waals surface area contributed by atoms with Gasteiger partial charge >= 0.3 is 5.91 Å². The van der Waals surface area contributed by atoms with Crippen LogP contribution >= 0.6 is 0 Å². The molecule has 0 bridgehead atoms. The molecule has 7 heteroatoms. The van der Waals surface area contributed by atoms with Crippen molar-refractivity contribution < 1.29 is 26.4 Å². The Hall–Kier alpha value is -0.760. The van der Waals surface area contributed by atoms with Gasteiger partial charge in [-0.25, -0.2) is 13.2 Å². The van der Waals surface area contributed by atoms with Crippen LogP contribution in [0.15, 0.2) is 12.2 Å². The van der Waals surface area contributed by atoms with Gasteiger partial charge in [0.2, 0.25) is 10.4 Å². The summed E-state index contributed by atoms with van der Waals surface area (Å²) in [6.45, 7) is 2.27. The summed E-state index contributed by atoms with van der Waals surface area (Å²) in [5, 5.41) is 0. The van der Waals surface area contributed by atoms with Crippen LogP contribution in [-0.4, -0.2) is 51.6 Å². The number of hydrogen-bond acceptors (Lipinski definition) is 5. The molecule has 0 aliphatic carbocycles. The molecule has 0 heterocycles. The fourth-order valence-corrected chi connectivity index (χ4v) is 2.68. The topological polar surface area (TPSA) is 83.5 Å². The van der Waals surface area contributed by atoms with Crippen molar-refractivity contribution in [1.29, 1.82) is 0 Å². The highest BCUT2D eigenvalue weighted by Gasteiger charge is 2.18. The van der Waals surface area contributed by atoms with E-state index in [1.54, 1.807) is 0 Å². The Morgan fingerprint density at radius 2 is 1.21 bits per heavy atom. The second kappa shape index (κ2) is 19.2. The number of allylic oxidation sites excluding steroid dienone is 2. The summed E-state index contributed by atoms with van der Waals surface area (Å²) >= 11 is 0. The second-order valence-corrected chi connectivity index (χ2v) is 9.47. The quantitative estimate of drug-likeness (QED) is 0.107. The molecule has 0 spiro atoms. The van der Waals surface area contributed by atoms with Gasteiger partial charge in [0.15, 0.2) is 0 Å². The summed E-state index contributed by atoms with van der Waals surface area (Å²) in [5.74, 6) is 0.350. The fourth-order valence-electron chi connectivity index (χ4n) is 2.68. The van der Waals surface area contributed by atoms with Crippen LogP contribution in [0.3, 0.4) is 0 Å². The van der Waals surface area contributed by atoms with Crippen LogP contribution in [0.25, 0.3) is 0 Å². The molecule has 6 nitrogen and oxygen atoms in total. The molecule has 0 aliphatic heterocycles.